The van der Waals surface area contributed by atoms with Gasteiger partial charge in [0.05, 0.1) is 0 Å². The molecule has 1 fully saturated rings. The molecule has 4 rings (SSSR count). The lowest BCUT2D eigenvalue weighted by Gasteiger charge is -2.28. The van der Waals surface area contributed by atoms with Crippen LogP contribution in [0, 0.1) is 17.7 Å². The van der Waals surface area contributed by atoms with Crippen molar-refractivity contribution < 1.29 is 4.39 Å². The Kier molecular flexibility index (Phi) is 4.82. The van der Waals surface area contributed by atoms with E-state index in [-0.39, 0.29) is 18.2 Å². The molecule has 0 spiro atoms. The summed E-state index contributed by atoms with van der Waals surface area (Å²) >= 11 is 1.77. The third-order valence-electron chi connectivity index (χ3n) is 5.12. The molecule has 2 atom stereocenters. The van der Waals surface area contributed by atoms with E-state index in [0.29, 0.717) is 0 Å². The average molecular weight is 352 g/mol. The predicted octanol–water partition coefficient (Wildman–Crippen LogP) is 5.60. The molecule has 0 saturated heterocycles. The highest BCUT2D eigenvalue weighted by Gasteiger charge is 2.35. The molecule has 0 N–H and O–H groups in total. The van der Waals surface area contributed by atoms with Crippen LogP contribution in [-0.2, 0) is 0 Å². The molecular weight excluding hydrogens is 329 g/mol. The van der Waals surface area contributed by atoms with Gasteiger partial charge >= 0.3 is 0 Å². The molecule has 2 aromatic rings. The maximum Gasteiger partial charge on any atom is 0.124 e. The van der Waals surface area contributed by atoms with Crippen molar-refractivity contribution in [3.8, 4) is 0 Å². The lowest BCUT2D eigenvalue weighted by molar-refractivity contribution is 0.413. The van der Waals surface area contributed by atoms with Crippen LogP contribution in [0.15, 0.2) is 29.8 Å². The van der Waals surface area contributed by atoms with Crippen LogP contribution in [0.2, 0.25) is 0 Å². The molecular formula is C19H23ClFNS. The molecule has 0 radical (unpaired) electrons. The molecule has 124 valence electrons. The van der Waals surface area contributed by atoms with E-state index in [2.05, 4.69) is 25.1 Å². The van der Waals surface area contributed by atoms with Gasteiger partial charge in [0, 0.05) is 16.1 Å². The number of allylic oxidation sites excluding steroid dienone is 1. The van der Waals surface area contributed by atoms with Crippen molar-refractivity contribution in [2.24, 2.45) is 11.8 Å². The van der Waals surface area contributed by atoms with Crippen LogP contribution in [0.4, 0.5) is 4.39 Å². The summed E-state index contributed by atoms with van der Waals surface area (Å²) in [6, 6.07) is 7.44. The highest BCUT2D eigenvalue weighted by Crippen LogP contribution is 2.50. The van der Waals surface area contributed by atoms with E-state index in [4.69, 9.17) is 0 Å². The fraction of sp³-hybridized carbons (Fsp3) is 0.474. The molecule has 1 saturated carbocycles. The standard InChI is InChI=1S/C19H22FNS.ClH/c1-21(2)11-15-8-12-3-4-14(7-12)19(15)18-9-13-5-6-16(20)10-17(13)22-18;/h5-6,9-10,12,14H,3-4,7-8,11H2,1-2H3;1H/t12-,14-;/m1./s1. The van der Waals surface area contributed by atoms with E-state index in [1.54, 1.807) is 34.6 Å². The summed E-state index contributed by atoms with van der Waals surface area (Å²) in [7, 11) is 4.31. The van der Waals surface area contributed by atoms with Gasteiger partial charge in [0.2, 0.25) is 0 Å². The number of benzene rings is 1. The summed E-state index contributed by atoms with van der Waals surface area (Å²) < 4.78 is 14.6. The van der Waals surface area contributed by atoms with Crippen LogP contribution in [0.1, 0.15) is 30.6 Å². The van der Waals surface area contributed by atoms with Gasteiger partial charge in [-0.15, -0.1) is 23.7 Å². The second-order valence-electron chi connectivity index (χ2n) is 7.13. The Hall–Kier alpha value is -0.900. The van der Waals surface area contributed by atoms with Gasteiger partial charge in [-0.1, -0.05) is 11.6 Å². The van der Waals surface area contributed by atoms with E-state index in [0.717, 1.165) is 23.1 Å². The number of hydrogen-bond donors (Lipinski definition) is 0. The second-order valence-corrected chi connectivity index (χ2v) is 8.21. The predicted molar refractivity (Wildman–Crippen MR) is 100.0 cm³/mol. The number of fused-ring (bicyclic) bond motifs is 3. The summed E-state index contributed by atoms with van der Waals surface area (Å²) in [5, 5.41) is 1.18. The minimum absolute atomic E-state index is 0. The Balaban J connectivity index is 0.00000156. The van der Waals surface area contributed by atoms with Crippen LogP contribution in [0.5, 0.6) is 0 Å². The van der Waals surface area contributed by atoms with Gasteiger partial charge in [-0.25, -0.2) is 4.39 Å². The van der Waals surface area contributed by atoms with Gasteiger partial charge in [0.25, 0.3) is 0 Å². The van der Waals surface area contributed by atoms with Gasteiger partial charge in [-0.2, -0.15) is 0 Å². The molecule has 1 aromatic carbocycles. The topological polar surface area (TPSA) is 3.24 Å². The Bertz CT molecular complexity index is 749. The van der Waals surface area contributed by atoms with Crippen LogP contribution >= 0.6 is 23.7 Å². The Labute approximate surface area is 147 Å². The summed E-state index contributed by atoms with van der Waals surface area (Å²) in [6.45, 7) is 1.06. The fourth-order valence-electron chi connectivity index (χ4n) is 4.31. The summed E-state index contributed by atoms with van der Waals surface area (Å²) in [6.07, 6.45) is 5.33. The molecule has 1 heterocycles. The van der Waals surface area contributed by atoms with E-state index in [1.165, 1.54) is 35.9 Å². The van der Waals surface area contributed by atoms with Crippen LogP contribution in [-0.4, -0.2) is 25.5 Å². The van der Waals surface area contributed by atoms with Crippen molar-refractivity contribution in [2.75, 3.05) is 20.6 Å². The molecule has 0 unspecified atom stereocenters. The third-order valence-corrected chi connectivity index (χ3v) is 6.25. The number of rotatable bonds is 3. The molecule has 2 aliphatic rings. The smallest absolute Gasteiger partial charge is 0.124 e. The maximum absolute atomic E-state index is 13.5. The first kappa shape index (κ1) is 16.9. The SMILES string of the molecule is CN(C)CC1=C(c2cc3ccc(F)cc3s2)[C@@H]2CC[C@@H](C1)C2.Cl. The Morgan fingerprint density at radius 3 is 2.83 bits per heavy atom. The lowest BCUT2D eigenvalue weighted by Crippen LogP contribution is -2.21. The third kappa shape index (κ3) is 3.19. The number of likely N-dealkylation sites (N-methyl/N-ethyl adjacent to an activating group) is 1. The summed E-state index contributed by atoms with van der Waals surface area (Å²) in [5.74, 6) is 1.50. The van der Waals surface area contributed by atoms with Gasteiger partial charge in [0.15, 0.2) is 0 Å². The number of nitrogens with zero attached hydrogens (tertiary/aromatic N) is 1. The van der Waals surface area contributed by atoms with Crippen molar-refractivity contribution in [2.45, 2.75) is 25.7 Å². The zero-order chi connectivity index (χ0) is 15.3. The largest absolute Gasteiger partial charge is 0.305 e. The first-order valence-electron chi connectivity index (χ1n) is 8.16. The van der Waals surface area contributed by atoms with E-state index in [9.17, 15) is 4.39 Å². The molecule has 4 heteroatoms. The molecule has 1 nitrogen and oxygen atoms in total. The van der Waals surface area contributed by atoms with Crippen molar-refractivity contribution in [3.63, 3.8) is 0 Å². The van der Waals surface area contributed by atoms with Gasteiger partial charge in [0.1, 0.15) is 5.82 Å². The van der Waals surface area contributed by atoms with Crippen molar-refractivity contribution in [1.29, 1.82) is 0 Å². The summed E-state index contributed by atoms with van der Waals surface area (Å²) in [4.78, 5) is 3.66. The Morgan fingerprint density at radius 1 is 1.22 bits per heavy atom. The van der Waals surface area contributed by atoms with Crippen molar-refractivity contribution >= 4 is 39.4 Å². The quantitative estimate of drug-likeness (QED) is 0.696. The molecule has 2 bridgehead atoms. The van der Waals surface area contributed by atoms with Gasteiger partial charge < -0.3 is 4.90 Å². The van der Waals surface area contributed by atoms with Crippen LogP contribution in [0.25, 0.3) is 15.7 Å². The molecule has 23 heavy (non-hydrogen) atoms. The van der Waals surface area contributed by atoms with E-state index < -0.39 is 0 Å². The molecule has 0 aliphatic heterocycles. The first-order chi connectivity index (χ1) is 10.6. The fourth-order valence-corrected chi connectivity index (χ4v) is 5.57. The Morgan fingerprint density at radius 2 is 2.04 bits per heavy atom. The zero-order valence-corrected chi connectivity index (χ0v) is 15.3. The normalized spacial score (nSPS) is 23.7. The van der Waals surface area contributed by atoms with E-state index in [1.807, 2.05) is 6.07 Å². The van der Waals surface area contributed by atoms with Crippen LogP contribution < -0.4 is 0 Å². The van der Waals surface area contributed by atoms with Gasteiger partial charge in [-0.05, 0) is 80.8 Å². The zero-order valence-electron chi connectivity index (χ0n) is 13.6. The molecule has 1 aromatic heterocycles. The first-order valence-corrected chi connectivity index (χ1v) is 8.98. The molecule has 2 aliphatic carbocycles. The van der Waals surface area contributed by atoms with Crippen molar-refractivity contribution in [1.82, 2.24) is 4.90 Å². The minimum atomic E-state index is -0.132. The summed E-state index contributed by atoms with van der Waals surface area (Å²) in [5.41, 5.74) is 3.21. The lowest BCUT2D eigenvalue weighted by atomic mass is 9.82. The average Bonchev–Trinajstić information content (AvgIpc) is 3.02. The van der Waals surface area contributed by atoms with Crippen molar-refractivity contribution in [3.05, 3.63) is 40.5 Å². The highest BCUT2D eigenvalue weighted by molar-refractivity contribution is 7.20. The van der Waals surface area contributed by atoms with Crippen LogP contribution in [0.3, 0.4) is 0 Å². The number of thiophene rings is 1. The number of halogens is 2. The van der Waals surface area contributed by atoms with Gasteiger partial charge in [-0.3, -0.25) is 0 Å². The maximum atomic E-state index is 13.5. The minimum Gasteiger partial charge on any atom is -0.305 e. The monoisotopic (exact) mass is 351 g/mol. The molecule has 0 amide bonds. The number of hydrogen-bond acceptors (Lipinski definition) is 2. The second kappa shape index (κ2) is 6.54. The van der Waals surface area contributed by atoms with E-state index >= 15 is 0 Å². The highest BCUT2D eigenvalue weighted by atomic mass is 35.5.